The SMILES string of the molecule is c1ccc(-c2cccc(-c3cc(-c4cccc(-c5cccc(-c6cc(-c7cccc(-c8ccccc8)c7)cc(-n7c8ccccc8c8ccccc87)n6)n5)n4)nc(-n4c5ccccc5c5ccccc54)c3)c2)cc1. The van der Waals surface area contributed by atoms with Crippen molar-refractivity contribution in [3.63, 3.8) is 0 Å². The predicted molar refractivity (Wildman–Crippen MR) is 304 cm³/mol. The Morgan fingerprint density at radius 1 is 0.189 bits per heavy atom. The van der Waals surface area contributed by atoms with Gasteiger partial charge in [0.2, 0.25) is 0 Å². The van der Waals surface area contributed by atoms with Crippen molar-refractivity contribution in [2.45, 2.75) is 0 Å². The Morgan fingerprint density at radius 3 is 0.838 bits per heavy atom. The van der Waals surface area contributed by atoms with Gasteiger partial charge in [-0.1, -0.05) is 182 Å². The molecule has 0 unspecified atom stereocenters. The normalized spacial score (nSPS) is 11.5. The van der Waals surface area contributed by atoms with E-state index in [1.165, 1.54) is 21.5 Å². The Bertz CT molecular complexity index is 4040. The standard InChI is InChI=1S/C68H44N6/c1-3-19-45(20-4-1)47-23-15-25-49(39-47)51-41-61(71-67(43-51)73-63-35-11-7-27-53(63)54-28-8-12-36-64(54)73)59-33-17-31-57(69-59)58-32-18-34-60(70-58)62-42-52(50-26-16-24-48(40-50)46-21-5-2-6-22-46)44-68(72-62)74-65-37-13-9-29-55(65)56-30-10-14-38-66(56)74/h1-44H. The third kappa shape index (κ3) is 7.61. The van der Waals surface area contributed by atoms with Crippen LogP contribution in [-0.2, 0) is 0 Å². The Balaban J connectivity index is 0.913. The molecular formula is C68H44N6. The van der Waals surface area contributed by atoms with E-state index in [1.807, 2.05) is 24.3 Å². The van der Waals surface area contributed by atoms with Crippen LogP contribution in [0.25, 0.3) is 134 Å². The maximum absolute atomic E-state index is 5.46. The molecule has 6 nitrogen and oxygen atoms in total. The monoisotopic (exact) mass is 944 g/mol. The molecule has 14 rings (SSSR count). The number of hydrogen-bond donors (Lipinski definition) is 0. The lowest BCUT2D eigenvalue weighted by molar-refractivity contribution is 1.07. The maximum atomic E-state index is 5.46. The number of para-hydroxylation sites is 4. The van der Waals surface area contributed by atoms with Crippen LogP contribution in [0.5, 0.6) is 0 Å². The molecule has 346 valence electrons. The molecule has 0 bridgehead atoms. The van der Waals surface area contributed by atoms with Gasteiger partial charge in [0.1, 0.15) is 11.6 Å². The lowest BCUT2D eigenvalue weighted by Crippen LogP contribution is -2.02. The van der Waals surface area contributed by atoms with Crippen molar-refractivity contribution >= 4 is 43.6 Å². The fourth-order valence-corrected chi connectivity index (χ4v) is 10.7. The number of aromatic nitrogens is 6. The average Bonchev–Trinajstić information content (AvgIpc) is 4.03. The van der Waals surface area contributed by atoms with Gasteiger partial charge in [0.25, 0.3) is 0 Å². The van der Waals surface area contributed by atoms with Crippen LogP contribution < -0.4 is 0 Å². The third-order valence-electron chi connectivity index (χ3n) is 14.1. The van der Waals surface area contributed by atoms with Crippen LogP contribution in [0.3, 0.4) is 0 Å². The van der Waals surface area contributed by atoms with E-state index < -0.39 is 0 Å². The van der Waals surface area contributed by atoms with E-state index in [9.17, 15) is 0 Å². The summed E-state index contributed by atoms with van der Waals surface area (Å²) in [5.74, 6) is 1.62. The minimum atomic E-state index is 0.732. The summed E-state index contributed by atoms with van der Waals surface area (Å²) in [6, 6.07) is 93.8. The van der Waals surface area contributed by atoms with Crippen molar-refractivity contribution in [2.75, 3.05) is 0 Å². The van der Waals surface area contributed by atoms with Crippen LogP contribution in [0.1, 0.15) is 0 Å². The zero-order chi connectivity index (χ0) is 49.0. The molecule has 0 aliphatic heterocycles. The highest BCUT2D eigenvalue weighted by atomic mass is 15.1. The Labute approximate surface area is 427 Å². The zero-order valence-corrected chi connectivity index (χ0v) is 40.1. The van der Waals surface area contributed by atoms with Gasteiger partial charge in [-0.25, -0.2) is 19.9 Å². The van der Waals surface area contributed by atoms with Crippen molar-refractivity contribution in [3.05, 3.63) is 267 Å². The Hall–Kier alpha value is -10.0. The molecule has 74 heavy (non-hydrogen) atoms. The molecule has 0 spiro atoms. The number of fused-ring (bicyclic) bond motifs is 6. The van der Waals surface area contributed by atoms with Crippen LogP contribution in [0, 0.1) is 0 Å². The first-order chi connectivity index (χ1) is 36.7. The van der Waals surface area contributed by atoms with Gasteiger partial charge in [0.05, 0.1) is 56.2 Å². The van der Waals surface area contributed by atoms with Gasteiger partial charge < -0.3 is 0 Å². The molecule has 14 aromatic rings. The van der Waals surface area contributed by atoms with E-state index in [4.69, 9.17) is 19.9 Å². The van der Waals surface area contributed by atoms with Gasteiger partial charge in [-0.2, -0.15) is 0 Å². The highest BCUT2D eigenvalue weighted by molar-refractivity contribution is 6.10. The highest BCUT2D eigenvalue weighted by Crippen LogP contribution is 2.38. The van der Waals surface area contributed by atoms with Crippen LogP contribution in [0.4, 0.5) is 0 Å². The second-order valence-corrected chi connectivity index (χ2v) is 18.6. The smallest absolute Gasteiger partial charge is 0.138 e. The molecule has 6 aromatic heterocycles. The van der Waals surface area contributed by atoms with Gasteiger partial charge in [0, 0.05) is 21.5 Å². The van der Waals surface area contributed by atoms with E-state index in [0.717, 1.165) is 112 Å². The van der Waals surface area contributed by atoms with Gasteiger partial charge in [0.15, 0.2) is 0 Å². The van der Waals surface area contributed by atoms with Crippen molar-refractivity contribution in [1.29, 1.82) is 0 Å². The number of nitrogens with zero attached hydrogens (tertiary/aromatic N) is 6. The van der Waals surface area contributed by atoms with Gasteiger partial charge in [-0.05, 0) is 129 Å². The molecule has 0 saturated carbocycles. The number of rotatable bonds is 9. The number of benzene rings is 8. The molecule has 6 heteroatoms. The summed E-state index contributed by atoms with van der Waals surface area (Å²) < 4.78 is 4.56. The fraction of sp³-hybridized carbons (Fsp3) is 0. The predicted octanol–water partition coefficient (Wildman–Crippen LogP) is 17.1. The first kappa shape index (κ1) is 42.8. The average molecular weight is 945 g/mol. The van der Waals surface area contributed by atoms with Crippen molar-refractivity contribution in [3.8, 4) is 90.3 Å². The minimum Gasteiger partial charge on any atom is -0.294 e. The lowest BCUT2D eigenvalue weighted by atomic mass is 9.98. The maximum Gasteiger partial charge on any atom is 0.138 e. The molecule has 6 heterocycles. The minimum absolute atomic E-state index is 0.732. The Morgan fingerprint density at radius 2 is 0.473 bits per heavy atom. The summed E-state index contributed by atoms with van der Waals surface area (Å²) in [7, 11) is 0. The molecule has 0 radical (unpaired) electrons. The summed E-state index contributed by atoms with van der Waals surface area (Å²) in [6.07, 6.45) is 0. The largest absolute Gasteiger partial charge is 0.294 e. The van der Waals surface area contributed by atoms with Gasteiger partial charge in [-0.3, -0.25) is 9.13 Å². The lowest BCUT2D eigenvalue weighted by Gasteiger charge is -2.14. The van der Waals surface area contributed by atoms with Gasteiger partial charge >= 0.3 is 0 Å². The molecule has 0 fully saturated rings. The van der Waals surface area contributed by atoms with E-state index in [1.54, 1.807) is 0 Å². The first-order valence-electron chi connectivity index (χ1n) is 25.0. The van der Waals surface area contributed by atoms with E-state index in [2.05, 4.69) is 252 Å². The van der Waals surface area contributed by atoms with Crippen molar-refractivity contribution in [1.82, 2.24) is 29.1 Å². The van der Waals surface area contributed by atoms with Crippen LogP contribution in [-0.4, -0.2) is 29.1 Å². The van der Waals surface area contributed by atoms with E-state index in [0.29, 0.717) is 0 Å². The molecule has 0 N–H and O–H groups in total. The molecule has 0 aliphatic rings. The second-order valence-electron chi connectivity index (χ2n) is 18.6. The highest BCUT2D eigenvalue weighted by Gasteiger charge is 2.19. The summed E-state index contributed by atoms with van der Waals surface area (Å²) in [4.78, 5) is 21.7. The van der Waals surface area contributed by atoms with Crippen LogP contribution >= 0.6 is 0 Å². The molecule has 0 amide bonds. The summed E-state index contributed by atoms with van der Waals surface area (Å²) in [5.41, 5.74) is 17.7. The Kier molecular flexibility index (Phi) is 10.4. The van der Waals surface area contributed by atoms with Crippen molar-refractivity contribution in [2.24, 2.45) is 0 Å². The quantitative estimate of drug-likeness (QED) is 0.145. The number of hydrogen-bond acceptors (Lipinski definition) is 4. The van der Waals surface area contributed by atoms with Crippen LogP contribution in [0.15, 0.2) is 267 Å². The van der Waals surface area contributed by atoms with E-state index >= 15 is 0 Å². The van der Waals surface area contributed by atoms with Gasteiger partial charge in [-0.15, -0.1) is 0 Å². The molecule has 0 aliphatic carbocycles. The molecule has 0 atom stereocenters. The topological polar surface area (TPSA) is 61.4 Å². The summed E-state index contributed by atoms with van der Waals surface area (Å²) in [5, 5.41) is 4.71. The molecule has 0 saturated heterocycles. The van der Waals surface area contributed by atoms with E-state index in [-0.39, 0.29) is 0 Å². The summed E-state index contributed by atoms with van der Waals surface area (Å²) in [6.45, 7) is 0. The molecular weight excluding hydrogens is 901 g/mol. The number of pyridine rings is 4. The fourth-order valence-electron chi connectivity index (χ4n) is 10.7. The first-order valence-corrected chi connectivity index (χ1v) is 25.0. The van der Waals surface area contributed by atoms with Crippen LogP contribution in [0.2, 0.25) is 0 Å². The second kappa shape index (κ2) is 18.0. The van der Waals surface area contributed by atoms with Crippen molar-refractivity contribution < 1.29 is 0 Å². The molecule has 8 aromatic carbocycles. The zero-order valence-electron chi connectivity index (χ0n) is 40.1. The third-order valence-corrected chi connectivity index (χ3v) is 14.1. The summed E-state index contributed by atoms with van der Waals surface area (Å²) >= 11 is 0.